The molecule has 0 amide bonds. The quantitative estimate of drug-likeness (QED) is 0.127. The van der Waals surface area contributed by atoms with E-state index >= 15 is 0 Å². The Bertz CT molecular complexity index is 3130. The van der Waals surface area contributed by atoms with E-state index in [1.165, 1.54) is 136 Å². The zero-order chi connectivity index (χ0) is 48.6. The Balaban J connectivity index is 0.912. The Labute approximate surface area is 429 Å². The third-order valence-electron chi connectivity index (χ3n) is 18.9. The normalized spacial score (nSPS) is 24.5. The summed E-state index contributed by atoms with van der Waals surface area (Å²) in [6, 6.07) is 76.5. The van der Waals surface area contributed by atoms with E-state index < -0.39 is 0 Å². The molecule has 8 aromatic rings. The Morgan fingerprint density at radius 2 is 0.903 bits per heavy atom. The first-order valence-corrected chi connectivity index (χ1v) is 27.5. The number of hydrogen-bond acceptors (Lipinski definition) is 2. The molecular weight excluding hydrogens is 869 g/mol. The number of anilines is 6. The van der Waals surface area contributed by atoms with Crippen molar-refractivity contribution in [1.29, 1.82) is 0 Å². The van der Waals surface area contributed by atoms with Crippen molar-refractivity contribution in [2.45, 2.75) is 108 Å². The number of rotatable bonds is 11. The zero-order valence-electron chi connectivity index (χ0n) is 42.9. The summed E-state index contributed by atoms with van der Waals surface area (Å²) in [5, 5.41) is 0. The maximum Gasteiger partial charge on any atom is 0.0465 e. The van der Waals surface area contributed by atoms with Gasteiger partial charge in [-0.3, -0.25) is 0 Å². The molecule has 5 fully saturated rings. The molecule has 6 aliphatic carbocycles. The average molecular weight is 939 g/mol. The van der Waals surface area contributed by atoms with Crippen LogP contribution in [0.2, 0.25) is 0 Å². The van der Waals surface area contributed by atoms with E-state index in [9.17, 15) is 0 Å². The molecule has 14 rings (SSSR count). The minimum Gasteiger partial charge on any atom is -0.311 e. The first kappa shape index (κ1) is 45.2. The number of nitrogens with zero attached hydrogens (tertiary/aromatic N) is 2. The van der Waals surface area contributed by atoms with Crippen LogP contribution in [-0.2, 0) is 16.2 Å². The van der Waals surface area contributed by atoms with Crippen LogP contribution in [0, 0.1) is 29.6 Å². The standard InChI is InChI=1S/C70H70N2/c1-48(2)64-24-14-15-40-70(64,54-28-34-58(35-29-54)71(56-19-10-6-11-20-56)57-21-12-7-13-22-57)55-30-36-60(37-31-55)72(59-32-26-53(27-33-59)69-45-49-41-50(46-69)43-51(42-49)47-69)61-38-39-63-66(44-61)68(3,4)65-25-16-23-62(67(63)65)52-17-8-5-9-18-52/h5-13,16-23,25-39,44,48-51,64H,14-15,24,40-43,45-47H2,1-4H3. The Morgan fingerprint density at radius 3 is 1.43 bits per heavy atom. The van der Waals surface area contributed by atoms with Crippen molar-refractivity contribution in [3.05, 3.63) is 228 Å². The molecule has 2 heteroatoms. The lowest BCUT2D eigenvalue weighted by atomic mass is 9.48. The molecule has 4 bridgehead atoms. The first-order valence-electron chi connectivity index (χ1n) is 27.5. The van der Waals surface area contributed by atoms with E-state index in [0.717, 1.165) is 24.2 Å². The molecule has 0 heterocycles. The van der Waals surface area contributed by atoms with Crippen LogP contribution in [0.4, 0.5) is 34.1 Å². The fraction of sp³-hybridized carbons (Fsp3) is 0.314. The molecule has 0 radical (unpaired) electrons. The number of para-hydroxylation sites is 2. The smallest absolute Gasteiger partial charge is 0.0465 e. The first-order chi connectivity index (χ1) is 35.2. The highest BCUT2D eigenvalue weighted by molar-refractivity contribution is 5.94. The SMILES string of the molecule is CC(C)C1CCCCC1(c1ccc(N(c2ccccc2)c2ccccc2)cc1)c1ccc(N(c2ccc(C34CC5CC(CC(C5)C3)C4)cc2)c2ccc3c(c2)C(C)(C)c2cccc(-c4ccccc4)c2-3)cc1. The van der Waals surface area contributed by atoms with Gasteiger partial charge in [0.05, 0.1) is 0 Å². The van der Waals surface area contributed by atoms with Crippen molar-refractivity contribution in [3.63, 3.8) is 0 Å². The summed E-state index contributed by atoms with van der Waals surface area (Å²) in [6.45, 7) is 9.78. The second-order valence-corrected chi connectivity index (χ2v) is 23.7. The average Bonchev–Trinajstić information content (AvgIpc) is 3.65. The summed E-state index contributed by atoms with van der Waals surface area (Å²) >= 11 is 0. The molecule has 5 saturated carbocycles. The van der Waals surface area contributed by atoms with E-state index in [-0.39, 0.29) is 10.8 Å². The van der Waals surface area contributed by atoms with Crippen molar-refractivity contribution in [2.24, 2.45) is 29.6 Å². The molecule has 0 N–H and O–H groups in total. The van der Waals surface area contributed by atoms with Crippen molar-refractivity contribution < 1.29 is 0 Å². The lowest BCUT2D eigenvalue weighted by Crippen LogP contribution is -2.48. The number of benzene rings is 8. The van der Waals surface area contributed by atoms with Crippen LogP contribution in [0.1, 0.15) is 120 Å². The summed E-state index contributed by atoms with van der Waals surface area (Å²) in [4.78, 5) is 4.95. The predicted octanol–water partition coefficient (Wildman–Crippen LogP) is 19.2. The number of fused-ring (bicyclic) bond motifs is 3. The summed E-state index contributed by atoms with van der Waals surface area (Å²) in [6.07, 6.45) is 13.5. The molecule has 0 spiro atoms. The maximum absolute atomic E-state index is 2.56. The van der Waals surface area contributed by atoms with Crippen LogP contribution in [0.15, 0.2) is 200 Å². The third kappa shape index (κ3) is 7.49. The van der Waals surface area contributed by atoms with E-state index in [0.29, 0.717) is 17.3 Å². The van der Waals surface area contributed by atoms with E-state index in [2.05, 4.69) is 238 Å². The molecule has 8 aromatic carbocycles. The molecule has 0 aromatic heterocycles. The Morgan fingerprint density at radius 1 is 0.431 bits per heavy atom. The summed E-state index contributed by atoms with van der Waals surface area (Å²) in [7, 11) is 0. The van der Waals surface area contributed by atoms with E-state index in [4.69, 9.17) is 0 Å². The van der Waals surface area contributed by atoms with Gasteiger partial charge in [-0.15, -0.1) is 0 Å². The molecule has 6 aliphatic rings. The summed E-state index contributed by atoms with van der Waals surface area (Å²) in [5.41, 5.74) is 19.9. The highest BCUT2D eigenvalue weighted by Crippen LogP contribution is 2.61. The highest BCUT2D eigenvalue weighted by Gasteiger charge is 2.52. The van der Waals surface area contributed by atoms with Crippen molar-refractivity contribution in [2.75, 3.05) is 9.80 Å². The molecule has 72 heavy (non-hydrogen) atoms. The largest absolute Gasteiger partial charge is 0.311 e. The van der Waals surface area contributed by atoms with Crippen LogP contribution in [0.3, 0.4) is 0 Å². The molecule has 0 saturated heterocycles. The van der Waals surface area contributed by atoms with Gasteiger partial charge in [-0.2, -0.15) is 0 Å². The molecule has 2 unspecified atom stereocenters. The van der Waals surface area contributed by atoms with Gasteiger partial charge in [0, 0.05) is 45.0 Å². The van der Waals surface area contributed by atoms with E-state index in [1.54, 1.807) is 5.56 Å². The Kier molecular flexibility index (Phi) is 11.2. The summed E-state index contributed by atoms with van der Waals surface area (Å²) in [5.74, 6) is 3.83. The van der Waals surface area contributed by atoms with Gasteiger partial charge in [0.1, 0.15) is 0 Å². The molecule has 2 nitrogen and oxygen atoms in total. The van der Waals surface area contributed by atoms with Gasteiger partial charge >= 0.3 is 0 Å². The third-order valence-corrected chi connectivity index (χ3v) is 18.9. The van der Waals surface area contributed by atoms with Crippen LogP contribution in [-0.4, -0.2) is 0 Å². The van der Waals surface area contributed by atoms with Crippen molar-refractivity contribution in [1.82, 2.24) is 0 Å². The number of hydrogen-bond donors (Lipinski definition) is 0. The van der Waals surface area contributed by atoms with Crippen LogP contribution in [0.5, 0.6) is 0 Å². The molecular formula is C70H70N2. The lowest BCUT2D eigenvalue weighted by Gasteiger charge is -2.57. The topological polar surface area (TPSA) is 6.48 Å². The molecule has 2 atom stereocenters. The van der Waals surface area contributed by atoms with Crippen molar-refractivity contribution in [3.8, 4) is 22.3 Å². The second-order valence-electron chi connectivity index (χ2n) is 23.7. The van der Waals surface area contributed by atoms with Crippen molar-refractivity contribution >= 4 is 34.1 Å². The van der Waals surface area contributed by atoms with Gasteiger partial charge in [-0.1, -0.05) is 168 Å². The Hall–Kier alpha value is -6.64. The molecule has 360 valence electrons. The fourth-order valence-corrected chi connectivity index (χ4v) is 16.1. The predicted molar refractivity (Wildman–Crippen MR) is 303 cm³/mol. The van der Waals surface area contributed by atoms with Crippen LogP contribution in [0.25, 0.3) is 22.3 Å². The zero-order valence-corrected chi connectivity index (χ0v) is 42.9. The maximum atomic E-state index is 2.56. The summed E-state index contributed by atoms with van der Waals surface area (Å²) < 4.78 is 0. The van der Waals surface area contributed by atoms with Gasteiger partial charge in [0.25, 0.3) is 0 Å². The minimum absolute atomic E-state index is 0.0992. The van der Waals surface area contributed by atoms with Crippen LogP contribution >= 0.6 is 0 Å². The van der Waals surface area contributed by atoms with Gasteiger partial charge in [0.15, 0.2) is 0 Å². The van der Waals surface area contributed by atoms with Gasteiger partial charge in [-0.25, -0.2) is 0 Å². The van der Waals surface area contributed by atoms with Gasteiger partial charge in [-0.05, 0) is 209 Å². The lowest BCUT2D eigenvalue weighted by molar-refractivity contribution is -0.00518. The highest BCUT2D eigenvalue weighted by atomic mass is 15.1. The fourth-order valence-electron chi connectivity index (χ4n) is 16.1. The van der Waals surface area contributed by atoms with E-state index in [1.807, 2.05) is 0 Å². The van der Waals surface area contributed by atoms with Gasteiger partial charge in [0.2, 0.25) is 0 Å². The molecule has 0 aliphatic heterocycles. The van der Waals surface area contributed by atoms with Gasteiger partial charge < -0.3 is 9.80 Å². The monoisotopic (exact) mass is 939 g/mol. The van der Waals surface area contributed by atoms with Crippen LogP contribution < -0.4 is 9.80 Å². The second kappa shape index (κ2) is 17.8. The minimum atomic E-state index is -0.155.